The third-order valence-corrected chi connectivity index (χ3v) is 2.63. The van der Waals surface area contributed by atoms with Crippen LogP contribution in [0.3, 0.4) is 0 Å². The second-order valence-corrected chi connectivity index (χ2v) is 4.18. The van der Waals surface area contributed by atoms with E-state index in [9.17, 15) is 9.90 Å². The number of hydrogen-bond donors (Lipinski definition) is 1. The van der Waals surface area contributed by atoms with E-state index in [-0.39, 0.29) is 11.7 Å². The predicted molar refractivity (Wildman–Crippen MR) is 69.2 cm³/mol. The molecule has 0 saturated heterocycles. The third-order valence-electron chi connectivity index (χ3n) is 2.63. The molecule has 0 unspecified atom stereocenters. The summed E-state index contributed by atoms with van der Waals surface area (Å²) < 4.78 is 0. The first-order chi connectivity index (χ1) is 8.06. The summed E-state index contributed by atoms with van der Waals surface area (Å²) in [6.07, 6.45) is 3.61. The summed E-state index contributed by atoms with van der Waals surface area (Å²) in [5.41, 5.74) is 1.33. The predicted octanol–water partition coefficient (Wildman–Crippen LogP) is 2.74. The number of amides is 1. The molecule has 3 heteroatoms. The molecule has 3 nitrogen and oxygen atoms in total. The summed E-state index contributed by atoms with van der Waals surface area (Å²) >= 11 is 0. The highest BCUT2D eigenvalue weighted by Gasteiger charge is 2.15. The third kappa shape index (κ3) is 3.63. The van der Waals surface area contributed by atoms with Crippen LogP contribution in [0.5, 0.6) is 5.75 Å². The molecule has 0 radical (unpaired) electrons. The Hall–Kier alpha value is -1.77. The molecule has 1 aromatic rings. The number of aryl methyl sites for hydroxylation is 1. The number of allylic oxidation sites excluding steroid dienone is 1. The second-order valence-electron chi connectivity index (χ2n) is 4.18. The summed E-state index contributed by atoms with van der Waals surface area (Å²) in [6, 6.07) is 5.05. The summed E-state index contributed by atoms with van der Waals surface area (Å²) in [4.78, 5) is 13.7. The lowest BCUT2D eigenvalue weighted by Gasteiger charge is -2.17. The molecule has 0 aliphatic carbocycles. The number of unbranched alkanes of at least 4 members (excludes halogenated alkanes) is 1. The van der Waals surface area contributed by atoms with E-state index in [0.717, 1.165) is 18.4 Å². The van der Waals surface area contributed by atoms with Gasteiger partial charge in [0.15, 0.2) is 0 Å². The Morgan fingerprint density at radius 2 is 2.24 bits per heavy atom. The fourth-order valence-electron chi connectivity index (χ4n) is 1.60. The molecule has 1 amide bonds. The number of rotatable bonds is 5. The maximum atomic E-state index is 12.1. The number of carbonyl (C=O) groups excluding carboxylic acids is 1. The number of hydrogen-bond acceptors (Lipinski definition) is 2. The first kappa shape index (κ1) is 13.3. The van der Waals surface area contributed by atoms with Crippen LogP contribution in [0.15, 0.2) is 30.9 Å². The van der Waals surface area contributed by atoms with Gasteiger partial charge in [0, 0.05) is 13.6 Å². The fourth-order valence-corrected chi connectivity index (χ4v) is 1.60. The van der Waals surface area contributed by atoms with Gasteiger partial charge in [-0.3, -0.25) is 4.79 Å². The average molecular weight is 233 g/mol. The van der Waals surface area contributed by atoms with Crippen molar-refractivity contribution in [2.75, 3.05) is 13.6 Å². The van der Waals surface area contributed by atoms with Gasteiger partial charge in [-0.2, -0.15) is 0 Å². The van der Waals surface area contributed by atoms with Crippen LogP contribution < -0.4 is 0 Å². The van der Waals surface area contributed by atoms with E-state index in [4.69, 9.17) is 0 Å². The van der Waals surface area contributed by atoms with Crippen LogP contribution in [0.1, 0.15) is 28.8 Å². The van der Waals surface area contributed by atoms with E-state index in [0.29, 0.717) is 12.1 Å². The fraction of sp³-hybridized carbons (Fsp3) is 0.357. The molecule has 0 bridgehead atoms. The van der Waals surface area contributed by atoms with Gasteiger partial charge < -0.3 is 10.0 Å². The largest absolute Gasteiger partial charge is 0.507 e. The lowest BCUT2D eigenvalue weighted by atomic mass is 10.1. The monoisotopic (exact) mass is 233 g/mol. The minimum absolute atomic E-state index is 0.0381. The molecular weight excluding hydrogens is 214 g/mol. The Balaban J connectivity index is 2.74. The normalized spacial score (nSPS) is 10.0. The summed E-state index contributed by atoms with van der Waals surface area (Å²) in [7, 11) is 1.74. The van der Waals surface area contributed by atoms with Crippen molar-refractivity contribution in [2.45, 2.75) is 19.8 Å². The van der Waals surface area contributed by atoms with Crippen LogP contribution in [0.2, 0.25) is 0 Å². The lowest BCUT2D eigenvalue weighted by Crippen LogP contribution is -2.27. The molecule has 0 heterocycles. The molecule has 1 aromatic carbocycles. The van der Waals surface area contributed by atoms with Gasteiger partial charge in [0.2, 0.25) is 0 Å². The van der Waals surface area contributed by atoms with Gasteiger partial charge in [-0.15, -0.1) is 6.58 Å². The lowest BCUT2D eigenvalue weighted by molar-refractivity contribution is 0.0790. The molecular formula is C14H19NO2. The average Bonchev–Trinajstić information content (AvgIpc) is 2.31. The van der Waals surface area contributed by atoms with Crippen molar-refractivity contribution in [2.24, 2.45) is 0 Å². The van der Waals surface area contributed by atoms with Crippen LogP contribution in [0.25, 0.3) is 0 Å². The second kappa shape index (κ2) is 6.09. The zero-order valence-corrected chi connectivity index (χ0v) is 10.4. The Kier molecular flexibility index (Phi) is 4.76. The van der Waals surface area contributed by atoms with Crippen molar-refractivity contribution < 1.29 is 9.90 Å². The Bertz CT molecular complexity index is 413. The molecule has 0 aliphatic rings. The standard InChI is InChI=1S/C14H19NO2/c1-4-5-6-9-15(3)14(17)12-10-11(2)7-8-13(12)16/h4,7-8,10,16H,1,5-6,9H2,2-3H3. The van der Waals surface area contributed by atoms with Crippen LogP contribution >= 0.6 is 0 Å². The quantitative estimate of drug-likeness (QED) is 0.627. The highest BCUT2D eigenvalue weighted by atomic mass is 16.3. The van der Waals surface area contributed by atoms with Gasteiger partial charge in [-0.25, -0.2) is 0 Å². The maximum Gasteiger partial charge on any atom is 0.257 e. The first-order valence-corrected chi connectivity index (χ1v) is 5.72. The van der Waals surface area contributed by atoms with Crippen LogP contribution in [-0.2, 0) is 0 Å². The minimum atomic E-state index is -0.143. The molecule has 0 saturated carbocycles. The van der Waals surface area contributed by atoms with E-state index in [1.807, 2.05) is 13.0 Å². The molecule has 1 rings (SSSR count). The minimum Gasteiger partial charge on any atom is -0.507 e. The number of benzene rings is 1. The van der Waals surface area contributed by atoms with E-state index in [1.54, 1.807) is 30.1 Å². The first-order valence-electron chi connectivity index (χ1n) is 5.72. The zero-order chi connectivity index (χ0) is 12.8. The number of phenols is 1. The van der Waals surface area contributed by atoms with Crippen LogP contribution in [0.4, 0.5) is 0 Å². The van der Waals surface area contributed by atoms with Gasteiger partial charge in [0.1, 0.15) is 5.75 Å². The van der Waals surface area contributed by atoms with Gasteiger partial charge in [0.25, 0.3) is 5.91 Å². The van der Waals surface area contributed by atoms with Crippen LogP contribution in [-0.4, -0.2) is 29.5 Å². The molecule has 0 aliphatic heterocycles. The number of nitrogens with zero attached hydrogens (tertiary/aromatic N) is 1. The summed E-state index contributed by atoms with van der Waals surface area (Å²) in [6.45, 7) is 6.20. The van der Waals surface area contributed by atoms with Crippen molar-refractivity contribution in [3.8, 4) is 5.75 Å². The summed E-state index contributed by atoms with van der Waals surface area (Å²) in [5, 5.41) is 9.66. The maximum absolute atomic E-state index is 12.1. The van der Waals surface area contributed by atoms with E-state index in [2.05, 4.69) is 6.58 Å². The molecule has 1 N–H and O–H groups in total. The molecule has 0 spiro atoms. The zero-order valence-electron chi connectivity index (χ0n) is 10.4. The van der Waals surface area contributed by atoms with Gasteiger partial charge >= 0.3 is 0 Å². The Labute approximate surface area is 102 Å². The van der Waals surface area contributed by atoms with Gasteiger partial charge in [-0.05, 0) is 31.9 Å². The Morgan fingerprint density at radius 1 is 1.53 bits per heavy atom. The van der Waals surface area contributed by atoms with E-state index >= 15 is 0 Å². The SMILES string of the molecule is C=CCCCN(C)C(=O)c1cc(C)ccc1O. The number of phenolic OH excluding ortho intramolecular Hbond substituents is 1. The van der Waals surface area contributed by atoms with E-state index in [1.165, 1.54) is 0 Å². The number of carbonyl (C=O) groups is 1. The van der Waals surface area contributed by atoms with Crippen molar-refractivity contribution >= 4 is 5.91 Å². The molecule has 0 atom stereocenters. The van der Waals surface area contributed by atoms with Gasteiger partial charge in [0.05, 0.1) is 5.56 Å². The summed E-state index contributed by atoms with van der Waals surface area (Å²) in [5.74, 6) is -0.105. The van der Waals surface area contributed by atoms with Crippen molar-refractivity contribution in [1.82, 2.24) is 4.90 Å². The van der Waals surface area contributed by atoms with Crippen LogP contribution in [0, 0.1) is 6.92 Å². The topological polar surface area (TPSA) is 40.5 Å². The van der Waals surface area contributed by atoms with E-state index < -0.39 is 0 Å². The highest BCUT2D eigenvalue weighted by Crippen LogP contribution is 2.19. The highest BCUT2D eigenvalue weighted by molar-refractivity contribution is 5.96. The smallest absolute Gasteiger partial charge is 0.257 e. The molecule has 17 heavy (non-hydrogen) atoms. The molecule has 92 valence electrons. The van der Waals surface area contributed by atoms with Crippen molar-refractivity contribution in [1.29, 1.82) is 0 Å². The van der Waals surface area contributed by atoms with Crippen molar-refractivity contribution in [3.05, 3.63) is 42.0 Å². The molecule has 0 aromatic heterocycles. The number of aromatic hydroxyl groups is 1. The van der Waals surface area contributed by atoms with Gasteiger partial charge in [-0.1, -0.05) is 17.7 Å². The Morgan fingerprint density at radius 3 is 2.88 bits per heavy atom. The van der Waals surface area contributed by atoms with Crippen molar-refractivity contribution in [3.63, 3.8) is 0 Å². The molecule has 0 fully saturated rings.